The molecule has 0 spiro atoms. The maximum Gasteiger partial charge on any atom is 0.472 e. The lowest BCUT2D eigenvalue weighted by Gasteiger charge is -2.25. The molecule has 9 heteroatoms. The number of phosphoric acid groups is 1. The number of nitrogens with zero attached hydrogens (tertiary/aromatic N) is 1. The summed E-state index contributed by atoms with van der Waals surface area (Å²) in [5.74, 6) is -0.191. The lowest BCUT2D eigenvalue weighted by Crippen LogP contribution is -2.45. The molecule has 58 heavy (non-hydrogen) atoms. The Kier molecular flexibility index (Phi) is 38.9. The molecule has 3 N–H and O–H groups in total. The molecule has 0 radical (unpaired) electrons. The van der Waals surface area contributed by atoms with E-state index in [9.17, 15) is 19.4 Å². The van der Waals surface area contributed by atoms with Crippen LogP contribution in [0.3, 0.4) is 0 Å². The minimum Gasteiger partial charge on any atom is -0.387 e. The first-order valence-corrected chi connectivity index (χ1v) is 24.8. The molecule has 0 aliphatic rings. The summed E-state index contributed by atoms with van der Waals surface area (Å²) in [7, 11) is 1.56. The first-order valence-electron chi connectivity index (χ1n) is 23.3. The Labute approximate surface area is 357 Å². The van der Waals surface area contributed by atoms with E-state index in [1.54, 1.807) is 6.08 Å². The second-order valence-corrected chi connectivity index (χ2v) is 18.2. The van der Waals surface area contributed by atoms with E-state index in [0.717, 1.165) is 64.2 Å². The van der Waals surface area contributed by atoms with Crippen molar-refractivity contribution < 1.29 is 32.9 Å². The van der Waals surface area contributed by atoms with Crippen LogP contribution < -0.4 is 5.32 Å². The number of unbranched alkanes of at least 4 members (excludes halogenated alkanes) is 18. The molecule has 0 aromatic heterocycles. The van der Waals surface area contributed by atoms with Crippen LogP contribution in [0.15, 0.2) is 72.9 Å². The Morgan fingerprint density at radius 2 is 1.03 bits per heavy atom. The number of carbonyl (C=O) groups excluding carboxylic acids is 1. The van der Waals surface area contributed by atoms with E-state index in [4.69, 9.17) is 9.05 Å². The van der Waals surface area contributed by atoms with Gasteiger partial charge in [-0.05, 0) is 57.8 Å². The van der Waals surface area contributed by atoms with Gasteiger partial charge in [0.05, 0.1) is 39.9 Å². The minimum absolute atomic E-state index is 0.0581. The topological polar surface area (TPSA) is 105 Å². The molecule has 3 atom stereocenters. The third-order valence-electron chi connectivity index (χ3n) is 9.91. The SMILES string of the molecule is CC/C=C\C/C=C\C/C=C\C/C=C\C/C=C\CCCCCCCCCCCCCCCCCCCC(=O)NC(COP(=O)(O)OCC[N+](C)(C)C)C(O)/C=C/CCC. The van der Waals surface area contributed by atoms with Crippen molar-refractivity contribution in [2.45, 2.75) is 193 Å². The molecule has 0 bridgehead atoms. The largest absolute Gasteiger partial charge is 0.472 e. The second kappa shape index (κ2) is 40.4. The highest BCUT2D eigenvalue weighted by Gasteiger charge is 2.27. The number of allylic oxidation sites excluding steroid dienone is 11. The first-order chi connectivity index (χ1) is 28.0. The van der Waals surface area contributed by atoms with Crippen molar-refractivity contribution in [2.75, 3.05) is 40.9 Å². The standard InChI is InChI=1S/C49H89N2O6P/c1-6-8-10-11-12-13-14-15-16-17-18-19-20-21-22-23-24-25-26-27-28-29-30-31-32-33-34-35-36-37-38-39-41-43-49(53)50-47(48(52)42-40-9-7-2)46-57-58(54,55)56-45-44-51(3,4)5/h8,10,12-13,15-16,18-19,21-22,40,42,47-48,52H,6-7,9,11,14,17,20,23-39,41,43-46H2,1-5H3,(H-,50,53,54,55)/p+1/b10-8-,13-12-,16-15-,19-18-,22-21-,42-40+. The normalized spacial score (nSPS) is 14.9. The lowest BCUT2D eigenvalue weighted by atomic mass is 10.0. The second-order valence-electron chi connectivity index (χ2n) is 16.8. The van der Waals surface area contributed by atoms with E-state index in [1.165, 1.54) is 96.3 Å². The number of hydrogen-bond donors (Lipinski definition) is 3. The number of carbonyl (C=O) groups is 1. The fourth-order valence-electron chi connectivity index (χ4n) is 6.25. The van der Waals surface area contributed by atoms with Crippen molar-refractivity contribution in [3.63, 3.8) is 0 Å². The number of nitrogens with one attached hydrogen (secondary N) is 1. The van der Waals surface area contributed by atoms with E-state index in [0.29, 0.717) is 17.4 Å². The van der Waals surface area contributed by atoms with Crippen LogP contribution in [0.25, 0.3) is 0 Å². The summed E-state index contributed by atoms with van der Waals surface area (Å²) in [4.78, 5) is 22.8. The number of quaternary nitrogens is 1. The zero-order valence-electron chi connectivity index (χ0n) is 38.0. The summed E-state index contributed by atoms with van der Waals surface area (Å²) in [6, 6.07) is -0.843. The van der Waals surface area contributed by atoms with E-state index >= 15 is 0 Å². The van der Waals surface area contributed by atoms with E-state index in [-0.39, 0.29) is 19.1 Å². The number of phosphoric ester groups is 1. The van der Waals surface area contributed by atoms with Gasteiger partial charge in [0.2, 0.25) is 5.91 Å². The van der Waals surface area contributed by atoms with Gasteiger partial charge in [-0.15, -0.1) is 0 Å². The fourth-order valence-corrected chi connectivity index (χ4v) is 6.99. The van der Waals surface area contributed by atoms with Crippen LogP contribution in [0.2, 0.25) is 0 Å². The van der Waals surface area contributed by atoms with Crippen molar-refractivity contribution in [2.24, 2.45) is 0 Å². The summed E-state index contributed by atoms with van der Waals surface area (Å²) in [6.45, 7) is 4.47. The van der Waals surface area contributed by atoms with Gasteiger partial charge in [-0.3, -0.25) is 13.8 Å². The molecule has 0 aromatic carbocycles. The predicted molar refractivity (Wildman–Crippen MR) is 249 cm³/mol. The summed E-state index contributed by atoms with van der Waals surface area (Å²) < 4.78 is 23.2. The molecule has 0 heterocycles. The summed E-state index contributed by atoms with van der Waals surface area (Å²) in [5, 5.41) is 13.5. The van der Waals surface area contributed by atoms with Crippen LogP contribution in [-0.4, -0.2) is 73.4 Å². The number of rotatable bonds is 41. The van der Waals surface area contributed by atoms with Gasteiger partial charge in [0.15, 0.2) is 0 Å². The first kappa shape index (κ1) is 55.9. The van der Waals surface area contributed by atoms with Crippen LogP contribution >= 0.6 is 7.82 Å². The summed E-state index contributed by atoms with van der Waals surface area (Å²) >= 11 is 0. The lowest BCUT2D eigenvalue weighted by molar-refractivity contribution is -0.870. The van der Waals surface area contributed by atoms with Gasteiger partial charge >= 0.3 is 7.82 Å². The van der Waals surface area contributed by atoms with Gasteiger partial charge in [0.1, 0.15) is 13.2 Å². The van der Waals surface area contributed by atoms with Crippen LogP contribution in [0.5, 0.6) is 0 Å². The molecular formula is C49H90N2O6P+. The number of aliphatic hydroxyl groups is 1. The quantitative estimate of drug-likeness (QED) is 0.0245. The molecule has 0 aliphatic heterocycles. The molecule has 3 unspecified atom stereocenters. The zero-order valence-corrected chi connectivity index (χ0v) is 38.9. The van der Waals surface area contributed by atoms with E-state index < -0.39 is 20.0 Å². The van der Waals surface area contributed by atoms with Gasteiger partial charge in [0, 0.05) is 6.42 Å². The Bertz CT molecular complexity index is 1170. The smallest absolute Gasteiger partial charge is 0.387 e. The number of amides is 1. The van der Waals surface area contributed by atoms with Crippen molar-refractivity contribution >= 4 is 13.7 Å². The van der Waals surface area contributed by atoms with Crippen molar-refractivity contribution in [1.29, 1.82) is 0 Å². The van der Waals surface area contributed by atoms with Crippen molar-refractivity contribution in [3.8, 4) is 0 Å². The van der Waals surface area contributed by atoms with Gasteiger partial charge < -0.3 is 19.8 Å². The third-order valence-corrected chi connectivity index (χ3v) is 10.9. The minimum atomic E-state index is -4.31. The molecular weight excluding hydrogens is 744 g/mol. The highest BCUT2D eigenvalue weighted by atomic mass is 31.2. The Balaban J connectivity index is 3.77. The number of likely N-dealkylation sites (N-methyl/N-ethyl adjacent to an activating group) is 1. The van der Waals surface area contributed by atoms with Crippen LogP contribution in [0.1, 0.15) is 181 Å². The van der Waals surface area contributed by atoms with Gasteiger partial charge in [-0.1, -0.05) is 189 Å². The molecule has 8 nitrogen and oxygen atoms in total. The molecule has 0 saturated carbocycles. The van der Waals surface area contributed by atoms with Crippen molar-refractivity contribution in [1.82, 2.24) is 5.32 Å². The highest BCUT2D eigenvalue weighted by Crippen LogP contribution is 2.43. The van der Waals surface area contributed by atoms with Gasteiger partial charge in [-0.2, -0.15) is 0 Å². The molecule has 0 rings (SSSR count). The van der Waals surface area contributed by atoms with Crippen LogP contribution in [0, 0.1) is 0 Å². The van der Waals surface area contributed by atoms with E-state index in [1.807, 2.05) is 34.1 Å². The molecule has 0 aromatic rings. The number of hydrogen-bond acceptors (Lipinski definition) is 5. The Hall–Kier alpha value is -2.06. The molecule has 336 valence electrons. The molecule has 1 amide bonds. The maximum absolute atomic E-state index is 12.7. The zero-order chi connectivity index (χ0) is 42.8. The molecule has 0 fully saturated rings. The van der Waals surface area contributed by atoms with Gasteiger partial charge in [0.25, 0.3) is 0 Å². The molecule has 0 aliphatic carbocycles. The summed E-state index contributed by atoms with van der Waals surface area (Å²) in [5.41, 5.74) is 0. The van der Waals surface area contributed by atoms with Crippen LogP contribution in [0.4, 0.5) is 0 Å². The average molecular weight is 834 g/mol. The maximum atomic E-state index is 12.7. The average Bonchev–Trinajstić information content (AvgIpc) is 3.17. The highest BCUT2D eigenvalue weighted by molar-refractivity contribution is 7.47. The number of aliphatic hydroxyl groups excluding tert-OH is 1. The fraction of sp³-hybridized carbons (Fsp3) is 0.735. The molecule has 0 saturated heterocycles. The Morgan fingerprint density at radius 1 is 0.603 bits per heavy atom. The third kappa shape index (κ3) is 42.1. The van der Waals surface area contributed by atoms with Crippen molar-refractivity contribution in [3.05, 3.63) is 72.9 Å². The Morgan fingerprint density at radius 3 is 1.48 bits per heavy atom. The summed E-state index contributed by atoms with van der Waals surface area (Å²) in [6.07, 6.45) is 55.2. The van der Waals surface area contributed by atoms with Crippen LogP contribution in [-0.2, 0) is 18.4 Å². The predicted octanol–water partition coefficient (Wildman–Crippen LogP) is 13.2. The monoisotopic (exact) mass is 834 g/mol. The van der Waals surface area contributed by atoms with Gasteiger partial charge in [-0.25, -0.2) is 4.57 Å². The van der Waals surface area contributed by atoms with E-state index in [2.05, 4.69) is 73.0 Å².